The van der Waals surface area contributed by atoms with E-state index in [9.17, 15) is 22.4 Å². The van der Waals surface area contributed by atoms with Gasteiger partial charge in [-0.3, -0.25) is 14.5 Å². The van der Waals surface area contributed by atoms with E-state index >= 15 is 0 Å². The van der Waals surface area contributed by atoms with Crippen LogP contribution in [0.3, 0.4) is 0 Å². The van der Waals surface area contributed by atoms with Crippen molar-refractivity contribution < 1.29 is 22.4 Å². The number of benzene rings is 1. The second-order valence-electron chi connectivity index (χ2n) is 8.20. The molecule has 0 bridgehead atoms. The Morgan fingerprint density at radius 1 is 1.00 bits per heavy atom. The molecule has 4 rings (SSSR count). The first kappa shape index (κ1) is 23.8. The quantitative estimate of drug-likeness (QED) is 0.569. The number of hydrogen-bond acceptors (Lipinski definition) is 7. The number of halogens is 1. The predicted octanol–water partition coefficient (Wildman–Crippen LogP) is 1.74. The molecule has 0 unspecified atom stereocenters. The van der Waals surface area contributed by atoms with Gasteiger partial charge in [0.15, 0.2) is 5.78 Å². The molecule has 1 aromatic carbocycles. The van der Waals surface area contributed by atoms with Crippen molar-refractivity contribution in [1.82, 2.24) is 14.1 Å². The lowest BCUT2D eigenvalue weighted by molar-refractivity contribution is -0.133. The first-order valence-corrected chi connectivity index (χ1v) is 13.2. The van der Waals surface area contributed by atoms with Crippen molar-refractivity contribution in [2.24, 2.45) is 0 Å². The van der Waals surface area contributed by atoms with Crippen molar-refractivity contribution >= 4 is 38.7 Å². The number of nitrogens with zero attached hydrogens (tertiary/aromatic N) is 4. The molecule has 2 aromatic rings. The Bertz CT molecular complexity index is 1110. The molecule has 0 spiro atoms. The fourth-order valence-corrected chi connectivity index (χ4v) is 6.70. The number of rotatable bonds is 6. The van der Waals surface area contributed by atoms with Crippen LogP contribution in [-0.2, 0) is 14.8 Å². The maximum Gasteiger partial charge on any atom is 0.252 e. The second-order valence-corrected chi connectivity index (χ2v) is 11.3. The molecule has 2 saturated heterocycles. The number of thiophene rings is 1. The summed E-state index contributed by atoms with van der Waals surface area (Å²) < 4.78 is 41.5. The van der Waals surface area contributed by atoms with Crippen molar-refractivity contribution in [2.45, 2.75) is 11.1 Å². The number of carbonyl (C=O) groups excluding carboxylic acids is 2. The molecule has 178 valence electrons. The number of sulfonamides is 1. The number of carbonyl (C=O) groups is 2. The van der Waals surface area contributed by atoms with Crippen LogP contribution in [0, 0.1) is 5.82 Å². The van der Waals surface area contributed by atoms with E-state index in [-0.39, 0.29) is 18.2 Å². The summed E-state index contributed by atoms with van der Waals surface area (Å²) in [5.74, 6) is -0.615. The van der Waals surface area contributed by atoms with Crippen LogP contribution in [0.1, 0.15) is 17.3 Å². The SMILES string of the molecule is CC(=O)c1ccc(N2CCN(C(=O)CN3CCN(S(=O)(=O)c4cccs4)CC3)CC2)c(F)c1. The highest BCUT2D eigenvalue weighted by Gasteiger charge is 2.31. The van der Waals surface area contributed by atoms with E-state index in [0.29, 0.717) is 67.8 Å². The van der Waals surface area contributed by atoms with Crippen LogP contribution in [0.4, 0.5) is 10.1 Å². The van der Waals surface area contributed by atoms with E-state index < -0.39 is 15.8 Å². The molecule has 8 nitrogen and oxygen atoms in total. The highest BCUT2D eigenvalue weighted by atomic mass is 32.2. The maximum atomic E-state index is 14.4. The van der Waals surface area contributed by atoms with Crippen molar-refractivity contribution in [2.75, 3.05) is 63.8 Å². The molecule has 2 aliphatic rings. The summed E-state index contributed by atoms with van der Waals surface area (Å²) in [5.41, 5.74) is 0.781. The molecule has 33 heavy (non-hydrogen) atoms. The first-order chi connectivity index (χ1) is 15.8. The number of piperazine rings is 2. The van der Waals surface area contributed by atoms with Gasteiger partial charge in [-0.25, -0.2) is 12.8 Å². The molecule has 1 aromatic heterocycles. The minimum absolute atomic E-state index is 0.00314. The number of Topliss-reactive ketones (excluding diaryl/α,β-unsaturated/α-hetero) is 1. The Balaban J connectivity index is 1.26. The molecule has 0 atom stereocenters. The normalized spacial score (nSPS) is 18.5. The molecule has 0 saturated carbocycles. The highest BCUT2D eigenvalue weighted by molar-refractivity contribution is 7.91. The lowest BCUT2D eigenvalue weighted by Crippen LogP contribution is -2.54. The summed E-state index contributed by atoms with van der Waals surface area (Å²) in [4.78, 5) is 29.9. The van der Waals surface area contributed by atoms with Crippen LogP contribution in [-0.4, -0.2) is 93.1 Å². The van der Waals surface area contributed by atoms with E-state index in [4.69, 9.17) is 0 Å². The molecule has 2 fully saturated rings. The van der Waals surface area contributed by atoms with Gasteiger partial charge in [-0.2, -0.15) is 4.31 Å². The number of amides is 1. The third-order valence-corrected chi connectivity index (χ3v) is 9.38. The Hall–Kier alpha value is -2.34. The molecule has 0 radical (unpaired) electrons. The fourth-order valence-electron chi connectivity index (χ4n) is 4.14. The zero-order valence-electron chi connectivity index (χ0n) is 18.4. The van der Waals surface area contributed by atoms with Crippen LogP contribution >= 0.6 is 11.3 Å². The van der Waals surface area contributed by atoms with Crippen LogP contribution in [0.2, 0.25) is 0 Å². The van der Waals surface area contributed by atoms with Crippen molar-refractivity contribution in [3.63, 3.8) is 0 Å². The van der Waals surface area contributed by atoms with E-state index in [1.165, 1.54) is 28.6 Å². The van der Waals surface area contributed by atoms with Crippen LogP contribution in [0.5, 0.6) is 0 Å². The predicted molar refractivity (Wildman–Crippen MR) is 125 cm³/mol. The summed E-state index contributed by atoms with van der Waals surface area (Å²) >= 11 is 1.21. The van der Waals surface area contributed by atoms with E-state index in [2.05, 4.69) is 0 Å². The van der Waals surface area contributed by atoms with Gasteiger partial charge in [0.25, 0.3) is 10.0 Å². The zero-order valence-corrected chi connectivity index (χ0v) is 20.1. The Morgan fingerprint density at radius 3 is 2.27 bits per heavy atom. The van der Waals surface area contributed by atoms with E-state index in [0.717, 1.165) is 0 Å². The minimum Gasteiger partial charge on any atom is -0.366 e. The zero-order chi connectivity index (χ0) is 23.6. The van der Waals surface area contributed by atoms with Gasteiger partial charge in [0, 0.05) is 57.9 Å². The Kier molecular flexibility index (Phi) is 7.13. The number of ketones is 1. The monoisotopic (exact) mass is 494 g/mol. The average molecular weight is 495 g/mol. The average Bonchev–Trinajstić information content (AvgIpc) is 3.35. The highest BCUT2D eigenvalue weighted by Crippen LogP contribution is 2.23. The Labute approximate surface area is 197 Å². The summed E-state index contributed by atoms with van der Waals surface area (Å²) in [6.07, 6.45) is 0. The first-order valence-electron chi connectivity index (χ1n) is 10.8. The van der Waals surface area contributed by atoms with Gasteiger partial charge >= 0.3 is 0 Å². The minimum atomic E-state index is -3.46. The van der Waals surface area contributed by atoms with Crippen molar-refractivity contribution in [3.05, 3.63) is 47.1 Å². The number of anilines is 1. The molecule has 3 heterocycles. The van der Waals surface area contributed by atoms with Crippen LogP contribution < -0.4 is 4.90 Å². The Morgan fingerprint density at radius 2 is 1.70 bits per heavy atom. The lowest BCUT2D eigenvalue weighted by Gasteiger charge is -2.38. The molecular weight excluding hydrogens is 467 g/mol. The molecule has 0 N–H and O–H groups in total. The second kappa shape index (κ2) is 9.88. The van der Waals surface area contributed by atoms with Crippen molar-refractivity contribution in [1.29, 1.82) is 0 Å². The molecule has 0 aliphatic carbocycles. The largest absolute Gasteiger partial charge is 0.366 e. The summed E-state index contributed by atoms with van der Waals surface area (Å²) in [7, 11) is -3.46. The fraction of sp³-hybridized carbons (Fsp3) is 0.455. The van der Waals surface area contributed by atoms with Crippen LogP contribution in [0.25, 0.3) is 0 Å². The molecule has 1 amide bonds. The van der Waals surface area contributed by atoms with Gasteiger partial charge in [-0.15, -0.1) is 11.3 Å². The van der Waals surface area contributed by atoms with Crippen molar-refractivity contribution in [3.8, 4) is 0 Å². The van der Waals surface area contributed by atoms with Gasteiger partial charge in [0.2, 0.25) is 5.91 Å². The third-order valence-electron chi connectivity index (χ3n) is 6.11. The standard InChI is InChI=1S/C22H27FN4O4S2/c1-17(28)18-4-5-20(19(23)15-18)25-8-10-26(11-9-25)21(29)16-24-6-12-27(13-7-24)33(30,31)22-3-2-14-32-22/h2-5,14-15H,6-13,16H2,1H3. The van der Waals surface area contributed by atoms with Gasteiger partial charge in [-0.1, -0.05) is 6.07 Å². The smallest absolute Gasteiger partial charge is 0.252 e. The van der Waals surface area contributed by atoms with E-state index in [1.807, 2.05) is 9.80 Å². The third kappa shape index (κ3) is 5.26. The molecule has 2 aliphatic heterocycles. The van der Waals surface area contributed by atoms with Gasteiger partial charge in [0.1, 0.15) is 10.0 Å². The van der Waals surface area contributed by atoms with E-state index in [1.54, 1.807) is 34.5 Å². The molecule has 11 heteroatoms. The van der Waals surface area contributed by atoms with Gasteiger partial charge < -0.3 is 9.80 Å². The maximum absolute atomic E-state index is 14.4. The summed E-state index contributed by atoms with van der Waals surface area (Å²) in [6, 6.07) is 7.83. The lowest BCUT2D eigenvalue weighted by atomic mass is 10.1. The summed E-state index contributed by atoms with van der Waals surface area (Å²) in [6.45, 7) is 5.36. The summed E-state index contributed by atoms with van der Waals surface area (Å²) in [5, 5.41) is 1.75. The van der Waals surface area contributed by atoms with Crippen LogP contribution in [0.15, 0.2) is 39.9 Å². The van der Waals surface area contributed by atoms with Gasteiger partial charge in [-0.05, 0) is 36.6 Å². The topological polar surface area (TPSA) is 81.2 Å². The number of hydrogen-bond donors (Lipinski definition) is 0. The van der Waals surface area contributed by atoms with Gasteiger partial charge in [0.05, 0.1) is 12.2 Å². The molecular formula is C22H27FN4O4S2.